The molecule has 0 aromatic rings. The second kappa shape index (κ2) is 6.58. The Morgan fingerprint density at radius 3 is 2.53 bits per heavy atom. The van der Waals surface area contributed by atoms with Crippen molar-refractivity contribution in [3.05, 3.63) is 0 Å². The predicted octanol–water partition coefficient (Wildman–Crippen LogP) is 3.85. The Balaban J connectivity index is 1.84. The highest BCUT2D eigenvalue weighted by molar-refractivity contribution is 5.01. The fourth-order valence-corrected chi connectivity index (χ4v) is 4.17. The molecule has 3 atom stereocenters. The van der Waals surface area contributed by atoms with Gasteiger partial charge < -0.3 is 10.1 Å². The normalized spacial score (nSPS) is 33.8. The highest BCUT2D eigenvalue weighted by Crippen LogP contribution is 2.57. The average molecular weight is 267 g/mol. The molecule has 0 amide bonds. The van der Waals surface area contributed by atoms with Crippen molar-refractivity contribution in [1.82, 2.24) is 5.32 Å². The van der Waals surface area contributed by atoms with Gasteiger partial charge in [-0.1, -0.05) is 34.1 Å². The minimum absolute atomic E-state index is 0.546. The van der Waals surface area contributed by atoms with Crippen LogP contribution in [-0.2, 0) is 4.74 Å². The summed E-state index contributed by atoms with van der Waals surface area (Å²) in [6.07, 6.45) is 7.16. The summed E-state index contributed by atoms with van der Waals surface area (Å²) < 4.78 is 5.87. The van der Waals surface area contributed by atoms with E-state index in [4.69, 9.17) is 4.74 Å². The molecule has 2 nitrogen and oxygen atoms in total. The Morgan fingerprint density at radius 2 is 2.00 bits per heavy atom. The zero-order chi connectivity index (χ0) is 13.9. The lowest BCUT2D eigenvalue weighted by Gasteiger charge is -2.39. The molecule has 2 bridgehead atoms. The fraction of sp³-hybridized carbons (Fsp3) is 1.00. The van der Waals surface area contributed by atoms with Gasteiger partial charge in [0, 0.05) is 25.8 Å². The topological polar surface area (TPSA) is 21.3 Å². The predicted molar refractivity (Wildman–Crippen MR) is 81.3 cm³/mol. The van der Waals surface area contributed by atoms with Crippen LogP contribution in [0.3, 0.4) is 0 Å². The molecule has 0 aromatic carbocycles. The molecular weight excluding hydrogens is 234 g/mol. The molecule has 0 spiro atoms. The van der Waals surface area contributed by atoms with Crippen LogP contribution >= 0.6 is 0 Å². The molecule has 2 heteroatoms. The van der Waals surface area contributed by atoms with E-state index in [0.717, 1.165) is 25.0 Å². The maximum atomic E-state index is 5.87. The zero-order valence-electron chi connectivity index (χ0n) is 13.4. The minimum atomic E-state index is 0.546. The van der Waals surface area contributed by atoms with E-state index < -0.39 is 0 Å². The van der Waals surface area contributed by atoms with Crippen molar-refractivity contribution in [3.8, 4) is 0 Å². The molecule has 1 N–H and O–H groups in total. The molecule has 2 aliphatic rings. The standard InChI is InChI=1S/C17H33NO/c1-13(2)11-19-8-7-17(12-18-14(3)4)10-15-5-6-16(17)9-15/h13-16,18H,5-12H2,1-4H3. The highest BCUT2D eigenvalue weighted by atomic mass is 16.5. The second-order valence-corrected chi connectivity index (χ2v) is 7.70. The first-order valence-corrected chi connectivity index (χ1v) is 8.33. The molecule has 0 aliphatic heterocycles. The van der Waals surface area contributed by atoms with E-state index in [0.29, 0.717) is 17.4 Å². The molecule has 0 heterocycles. The number of hydrogen-bond acceptors (Lipinski definition) is 2. The van der Waals surface area contributed by atoms with Gasteiger partial charge in [-0.25, -0.2) is 0 Å². The van der Waals surface area contributed by atoms with Crippen LogP contribution in [0.1, 0.15) is 59.8 Å². The van der Waals surface area contributed by atoms with Gasteiger partial charge in [-0.15, -0.1) is 0 Å². The van der Waals surface area contributed by atoms with Gasteiger partial charge in [-0.05, 0) is 48.9 Å². The van der Waals surface area contributed by atoms with E-state index in [2.05, 4.69) is 33.0 Å². The zero-order valence-corrected chi connectivity index (χ0v) is 13.4. The van der Waals surface area contributed by atoms with Crippen LogP contribution in [-0.4, -0.2) is 25.8 Å². The first kappa shape index (κ1) is 15.3. The Bertz CT molecular complexity index is 276. The smallest absolute Gasteiger partial charge is 0.0488 e. The van der Waals surface area contributed by atoms with Gasteiger partial charge >= 0.3 is 0 Å². The Morgan fingerprint density at radius 1 is 1.21 bits per heavy atom. The molecule has 0 radical (unpaired) electrons. The summed E-state index contributed by atoms with van der Waals surface area (Å²) >= 11 is 0. The molecule has 2 saturated carbocycles. The Hall–Kier alpha value is -0.0800. The van der Waals surface area contributed by atoms with Crippen molar-refractivity contribution in [2.75, 3.05) is 19.8 Å². The van der Waals surface area contributed by atoms with Crippen molar-refractivity contribution < 1.29 is 4.74 Å². The fourth-order valence-electron chi connectivity index (χ4n) is 4.17. The van der Waals surface area contributed by atoms with Gasteiger partial charge in [0.1, 0.15) is 0 Å². The van der Waals surface area contributed by atoms with Gasteiger partial charge in [0.2, 0.25) is 0 Å². The Labute approximate surface area is 119 Å². The van der Waals surface area contributed by atoms with Crippen LogP contribution in [0.25, 0.3) is 0 Å². The molecule has 19 heavy (non-hydrogen) atoms. The summed E-state index contributed by atoms with van der Waals surface area (Å²) in [4.78, 5) is 0. The SMILES string of the molecule is CC(C)COCCC1(CNC(C)C)CC2CCC1C2. The van der Waals surface area contributed by atoms with Gasteiger partial charge in [-0.3, -0.25) is 0 Å². The third-order valence-corrected chi connectivity index (χ3v) is 5.16. The van der Waals surface area contributed by atoms with Gasteiger partial charge in [-0.2, -0.15) is 0 Å². The highest BCUT2D eigenvalue weighted by Gasteiger charge is 2.50. The van der Waals surface area contributed by atoms with E-state index in [1.807, 2.05) is 0 Å². The molecule has 3 unspecified atom stereocenters. The quantitative estimate of drug-likeness (QED) is 0.674. The van der Waals surface area contributed by atoms with Crippen LogP contribution in [0.4, 0.5) is 0 Å². The molecule has 0 aromatic heterocycles. The van der Waals surface area contributed by atoms with E-state index in [1.54, 1.807) is 0 Å². The van der Waals surface area contributed by atoms with Gasteiger partial charge in [0.25, 0.3) is 0 Å². The number of nitrogens with one attached hydrogen (secondary N) is 1. The molecule has 2 aliphatic carbocycles. The van der Waals surface area contributed by atoms with Crippen molar-refractivity contribution in [1.29, 1.82) is 0 Å². The minimum Gasteiger partial charge on any atom is -0.381 e. The van der Waals surface area contributed by atoms with E-state index in [9.17, 15) is 0 Å². The maximum absolute atomic E-state index is 5.87. The largest absolute Gasteiger partial charge is 0.381 e. The third kappa shape index (κ3) is 3.95. The summed E-state index contributed by atoms with van der Waals surface area (Å²) in [5.74, 6) is 2.64. The lowest BCUT2D eigenvalue weighted by molar-refractivity contribution is 0.0507. The third-order valence-electron chi connectivity index (χ3n) is 5.16. The van der Waals surface area contributed by atoms with Crippen LogP contribution in [0.2, 0.25) is 0 Å². The van der Waals surface area contributed by atoms with Gasteiger partial charge in [0.05, 0.1) is 0 Å². The monoisotopic (exact) mass is 267 g/mol. The molecule has 2 rings (SSSR count). The lowest BCUT2D eigenvalue weighted by Crippen LogP contribution is -2.42. The van der Waals surface area contributed by atoms with Gasteiger partial charge in [0.15, 0.2) is 0 Å². The number of rotatable bonds is 8. The van der Waals surface area contributed by atoms with E-state index >= 15 is 0 Å². The maximum Gasteiger partial charge on any atom is 0.0488 e. The van der Waals surface area contributed by atoms with Crippen LogP contribution in [0, 0.1) is 23.2 Å². The molecule has 112 valence electrons. The number of fused-ring (bicyclic) bond motifs is 2. The average Bonchev–Trinajstić information content (AvgIpc) is 2.93. The van der Waals surface area contributed by atoms with E-state index in [1.165, 1.54) is 38.6 Å². The number of ether oxygens (including phenoxy) is 1. The van der Waals surface area contributed by atoms with E-state index in [-0.39, 0.29) is 0 Å². The molecule has 0 saturated heterocycles. The summed E-state index contributed by atoms with van der Waals surface area (Å²) in [6, 6.07) is 0.604. The lowest BCUT2D eigenvalue weighted by atomic mass is 9.71. The van der Waals surface area contributed by atoms with Crippen LogP contribution < -0.4 is 5.32 Å². The van der Waals surface area contributed by atoms with Crippen molar-refractivity contribution >= 4 is 0 Å². The second-order valence-electron chi connectivity index (χ2n) is 7.70. The number of hydrogen-bond donors (Lipinski definition) is 1. The van der Waals surface area contributed by atoms with Crippen molar-refractivity contribution in [3.63, 3.8) is 0 Å². The first-order chi connectivity index (χ1) is 9.02. The molecule has 2 fully saturated rings. The van der Waals surface area contributed by atoms with Crippen LogP contribution in [0.15, 0.2) is 0 Å². The Kier molecular flexibility index (Phi) is 5.30. The summed E-state index contributed by atoms with van der Waals surface area (Å²) in [7, 11) is 0. The molecular formula is C17H33NO. The summed E-state index contributed by atoms with van der Waals surface area (Å²) in [5, 5.41) is 3.71. The van der Waals surface area contributed by atoms with Crippen molar-refractivity contribution in [2.45, 2.75) is 65.8 Å². The van der Waals surface area contributed by atoms with Crippen LogP contribution in [0.5, 0.6) is 0 Å². The van der Waals surface area contributed by atoms with Crippen molar-refractivity contribution in [2.24, 2.45) is 23.2 Å². The first-order valence-electron chi connectivity index (χ1n) is 8.33. The summed E-state index contributed by atoms with van der Waals surface area (Å²) in [6.45, 7) is 12.1. The summed E-state index contributed by atoms with van der Waals surface area (Å²) in [5.41, 5.74) is 0.546.